The van der Waals surface area contributed by atoms with E-state index in [2.05, 4.69) is 12.0 Å². The fourth-order valence-corrected chi connectivity index (χ4v) is 3.55. The quantitative estimate of drug-likeness (QED) is 0.396. The summed E-state index contributed by atoms with van der Waals surface area (Å²) in [5.74, 6) is -1.12. The van der Waals surface area contributed by atoms with Crippen LogP contribution in [0.3, 0.4) is 0 Å². The number of hydrogen-bond donors (Lipinski definition) is 0. The van der Waals surface area contributed by atoms with Gasteiger partial charge in [0, 0.05) is 11.6 Å². The monoisotopic (exact) mass is 467 g/mol. The van der Waals surface area contributed by atoms with Crippen molar-refractivity contribution in [3.8, 4) is 11.6 Å². The van der Waals surface area contributed by atoms with E-state index in [4.69, 9.17) is 9.47 Å². The molecular formula is C26H30FN3O4. The lowest BCUT2D eigenvalue weighted by molar-refractivity contribution is -0.150. The molecule has 1 aromatic heterocycles. The first-order valence-corrected chi connectivity index (χ1v) is 11.3. The average Bonchev–Trinajstić information content (AvgIpc) is 3.16. The topological polar surface area (TPSA) is 73.7 Å². The molecule has 0 amide bonds. The van der Waals surface area contributed by atoms with Crippen molar-refractivity contribution in [2.45, 2.75) is 39.2 Å². The van der Waals surface area contributed by atoms with Crippen molar-refractivity contribution in [2.75, 3.05) is 20.6 Å². The van der Waals surface area contributed by atoms with Gasteiger partial charge in [-0.3, -0.25) is 9.69 Å². The average molecular weight is 468 g/mol. The number of aromatic nitrogens is 2. The second kappa shape index (κ2) is 11.6. The maximum atomic E-state index is 13.4. The molecule has 1 atom stereocenters. The van der Waals surface area contributed by atoms with E-state index in [0.717, 1.165) is 12.8 Å². The third-order valence-electron chi connectivity index (χ3n) is 5.13. The predicted octanol–water partition coefficient (Wildman–Crippen LogP) is 4.88. The van der Waals surface area contributed by atoms with E-state index in [1.54, 1.807) is 68.4 Å². The maximum Gasteiger partial charge on any atom is 0.345 e. The Kier molecular flexibility index (Phi) is 8.54. The zero-order chi connectivity index (χ0) is 24.7. The first-order chi connectivity index (χ1) is 16.3. The van der Waals surface area contributed by atoms with Gasteiger partial charge in [0.05, 0.1) is 23.5 Å². The van der Waals surface area contributed by atoms with Crippen molar-refractivity contribution in [2.24, 2.45) is 0 Å². The fraction of sp³-hybridized carbons (Fsp3) is 0.346. The van der Waals surface area contributed by atoms with Crippen molar-refractivity contribution >= 4 is 11.9 Å². The Morgan fingerprint density at radius 2 is 1.82 bits per heavy atom. The Hall–Kier alpha value is -3.52. The van der Waals surface area contributed by atoms with Crippen LogP contribution in [0.15, 0.2) is 54.6 Å². The minimum Gasteiger partial charge on any atom is -0.457 e. The number of benzene rings is 2. The Balaban J connectivity index is 1.89. The van der Waals surface area contributed by atoms with E-state index in [1.165, 1.54) is 16.8 Å². The molecule has 7 nitrogen and oxygen atoms in total. The molecule has 1 heterocycles. The zero-order valence-electron chi connectivity index (χ0n) is 20.0. The van der Waals surface area contributed by atoms with Crippen LogP contribution >= 0.6 is 0 Å². The summed E-state index contributed by atoms with van der Waals surface area (Å²) in [5.41, 5.74) is 2.10. The molecule has 8 heteroatoms. The van der Waals surface area contributed by atoms with Crippen LogP contribution < -0.4 is 4.74 Å². The van der Waals surface area contributed by atoms with Crippen LogP contribution in [-0.2, 0) is 9.53 Å². The van der Waals surface area contributed by atoms with Crippen LogP contribution in [0, 0.1) is 12.7 Å². The lowest BCUT2D eigenvalue weighted by Crippen LogP contribution is -2.26. The molecule has 0 N–H and O–H groups in total. The van der Waals surface area contributed by atoms with Gasteiger partial charge in [0.25, 0.3) is 0 Å². The Morgan fingerprint density at radius 3 is 2.50 bits per heavy atom. The summed E-state index contributed by atoms with van der Waals surface area (Å²) in [5, 5.41) is 4.37. The van der Waals surface area contributed by atoms with E-state index in [0.29, 0.717) is 28.9 Å². The molecule has 3 rings (SSSR count). The number of halogens is 1. The number of carbonyl (C=O) groups excluding carboxylic acids is 2. The first kappa shape index (κ1) is 25.1. The van der Waals surface area contributed by atoms with Gasteiger partial charge in [-0.05, 0) is 64.2 Å². The van der Waals surface area contributed by atoms with Crippen molar-refractivity contribution in [3.05, 3.63) is 77.2 Å². The van der Waals surface area contributed by atoms with Crippen molar-refractivity contribution in [1.29, 1.82) is 0 Å². The van der Waals surface area contributed by atoms with Gasteiger partial charge in [-0.1, -0.05) is 31.5 Å². The molecule has 3 aromatic rings. The lowest BCUT2D eigenvalue weighted by Gasteiger charge is -2.21. The largest absolute Gasteiger partial charge is 0.457 e. The van der Waals surface area contributed by atoms with Gasteiger partial charge in [0.2, 0.25) is 5.88 Å². The summed E-state index contributed by atoms with van der Waals surface area (Å²) in [6.07, 6.45) is 1.77. The number of esters is 2. The number of nitrogens with zero attached hydrogens (tertiary/aromatic N) is 3. The minimum atomic E-state index is -0.594. The second-order valence-electron chi connectivity index (χ2n) is 8.35. The van der Waals surface area contributed by atoms with Crippen LogP contribution in [0.5, 0.6) is 5.88 Å². The molecule has 0 saturated heterocycles. The number of rotatable bonds is 10. The Labute approximate surface area is 199 Å². The second-order valence-corrected chi connectivity index (χ2v) is 8.35. The first-order valence-electron chi connectivity index (χ1n) is 11.3. The summed E-state index contributed by atoms with van der Waals surface area (Å²) >= 11 is 0. The van der Waals surface area contributed by atoms with Crippen molar-refractivity contribution < 1.29 is 23.5 Å². The molecule has 0 bridgehead atoms. The van der Waals surface area contributed by atoms with Gasteiger partial charge in [-0.2, -0.15) is 5.10 Å². The molecule has 0 saturated carbocycles. The molecule has 2 aromatic carbocycles. The number of hydrogen-bond acceptors (Lipinski definition) is 6. The van der Waals surface area contributed by atoms with E-state index in [9.17, 15) is 14.0 Å². The highest BCUT2D eigenvalue weighted by Gasteiger charge is 2.24. The Bertz CT molecular complexity index is 1130. The predicted molar refractivity (Wildman–Crippen MR) is 127 cm³/mol. The molecule has 1 unspecified atom stereocenters. The molecular weight excluding hydrogens is 437 g/mol. The lowest BCUT2D eigenvalue weighted by atomic mass is 9.98. The van der Waals surface area contributed by atoms with Crippen LogP contribution in [-0.4, -0.2) is 47.3 Å². The molecule has 0 aliphatic heterocycles. The standard InChI is InChI=1S/C26H30FN3O4/c1-5-6-11-23(33-25(31)17-29(3)4)21-9-7-8-10-22(21)26(32)34-24-16-18(2)28-30(24)20-14-12-19(27)13-15-20/h7-10,12-16,23H,5-6,11,17H2,1-4H3. The number of unbranched alkanes of at least 4 members (excludes halogenated alkanes) is 1. The van der Waals surface area contributed by atoms with Gasteiger partial charge < -0.3 is 9.47 Å². The van der Waals surface area contributed by atoms with Crippen LogP contribution in [0.25, 0.3) is 5.69 Å². The van der Waals surface area contributed by atoms with E-state index in [-0.39, 0.29) is 24.2 Å². The van der Waals surface area contributed by atoms with Crippen molar-refractivity contribution in [1.82, 2.24) is 14.7 Å². The van der Waals surface area contributed by atoms with Gasteiger partial charge in [-0.25, -0.2) is 13.9 Å². The zero-order valence-corrected chi connectivity index (χ0v) is 20.0. The molecule has 180 valence electrons. The third kappa shape index (κ3) is 6.51. The van der Waals surface area contributed by atoms with Crippen LogP contribution in [0.4, 0.5) is 4.39 Å². The van der Waals surface area contributed by atoms with Crippen molar-refractivity contribution in [3.63, 3.8) is 0 Å². The summed E-state index contributed by atoms with van der Waals surface area (Å²) < 4.78 is 26.3. The molecule has 0 radical (unpaired) electrons. The molecule has 34 heavy (non-hydrogen) atoms. The van der Waals surface area contributed by atoms with E-state index >= 15 is 0 Å². The molecule has 0 aliphatic rings. The van der Waals surface area contributed by atoms with Gasteiger partial charge >= 0.3 is 11.9 Å². The van der Waals surface area contributed by atoms with E-state index < -0.39 is 12.1 Å². The molecule has 0 spiro atoms. The van der Waals surface area contributed by atoms with Gasteiger partial charge in [0.1, 0.15) is 11.9 Å². The normalized spacial score (nSPS) is 11.9. The summed E-state index contributed by atoms with van der Waals surface area (Å²) in [6.45, 7) is 3.97. The number of carbonyl (C=O) groups is 2. The van der Waals surface area contributed by atoms with Gasteiger partial charge in [0.15, 0.2) is 0 Å². The molecule has 0 aliphatic carbocycles. The summed E-state index contributed by atoms with van der Waals surface area (Å²) in [6, 6.07) is 14.3. The van der Waals surface area contributed by atoms with E-state index in [1.807, 2.05) is 0 Å². The number of ether oxygens (including phenoxy) is 2. The summed E-state index contributed by atoms with van der Waals surface area (Å²) in [4.78, 5) is 27.4. The van der Waals surface area contributed by atoms with Gasteiger partial charge in [-0.15, -0.1) is 0 Å². The smallest absolute Gasteiger partial charge is 0.345 e. The Morgan fingerprint density at radius 1 is 1.12 bits per heavy atom. The van der Waals surface area contributed by atoms with Crippen LogP contribution in [0.1, 0.15) is 53.9 Å². The molecule has 0 fully saturated rings. The highest BCUT2D eigenvalue weighted by atomic mass is 19.1. The highest BCUT2D eigenvalue weighted by molar-refractivity contribution is 5.92. The fourth-order valence-electron chi connectivity index (χ4n) is 3.55. The number of likely N-dealkylation sites (N-methyl/N-ethyl adjacent to an activating group) is 1. The maximum absolute atomic E-state index is 13.4. The number of aryl methyl sites for hydroxylation is 1. The van der Waals surface area contributed by atoms with Crippen LogP contribution in [0.2, 0.25) is 0 Å². The minimum absolute atomic E-state index is 0.144. The highest BCUT2D eigenvalue weighted by Crippen LogP contribution is 2.29. The SMILES string of the molecule is CCCCC(OC(=O)CN(C)C)c1ccccc1C(=O)Oc1cc(C)nn1-c1ccc(F)cc1. The summed E-state index contributed by atoms with van der Waals surface area (Å²) in [7, 11) is 3.58. The third-order valence-corrected chi connectivity index (χ3v) is 5.13.